The minimum atomic E-state index is -0.0716. The maximum absolute atomic E-state index is 6.66. The Morgan fingerprint density at radius 2 is 1.75 bits per heavy atom. The second-order valence-electron chi connectivity index (χ2n) is 9.05. The molecule has 36 heavy (non-hydrogen) atoms. The molecule has 6 rings (SSSR count). The fourth-order valence-electron chi connectivity index (χ4n) is 4.85. The van der Waals surface area contributed by atoms with Gasteiger partial charge in [0.2, 0.25) is 0 Å². The summed E-state index contributed by atoms with van der Waals surface area (Å²) in [6.45, 7) is 2.17. The molecule has 0 saturated heterocycles. The summed E-state index contributed by atoms with van der Waals surface area (Å²) >= 11 is 18.1. The lowest BCUT2D eigenvalue weighted by Crippen LogP contribution is -2.16. The van der Waals surface area contributed by atoms with Gasteiger partial charge in [0.05, 0.1) is 10.7 Å². The van der Waals surface area contributed by atoms with E-state index in [-0.39, 0.29) is 10.8 Å². The summed E-state index contributed by atoms with van der Waals surface area (Å²) in [7, 11) is 0. The Labute approximate surface area is 233 Å². The SMILES string of the molecule is CCc1c(C2NN=C(C3(c4ccc(Cl)cc4)CC3)S2)nc(-c2ccccc2Cl)n1-c1ccc(Br)cc1. The van der Waals surface area contributed by atoms with Gasteiger partial charge in [-0.25, -0.2) is 4.98 Å². The molecule has 3 aromatic carbocycles. The third-order valence-corrected chi connectivity index (χ3v) is 9.24. The summed E-state index contributed by atoms with van der Waals surface area (Å²) in [5.74, 6) is 0.837. The van der Waals surface area contributed by atoms with Crippen molar-refractivity contribution in [3.05, 3.63) is 104 Å². The maximum atomic E-state index is 6.66. The summed E-state index contributed by atoms with van der Waals surface area (Å²) in [5.41, 5.74) is 8.74. The van der Waals surface area contributed by atoms with Crippen molar-refractivity contribution in [3.63, 3.8) is 0 Å². The number of nitrogens with zero attached hydrogens (tertiary/aromatic N) is 3. The van der Waals surface area contributed by atoms with E-state index in [1.807, 2.05) is 36.4 Å². The molecule has 182 valence electrons. The zero-order chi connectivity index (χ0) is 24.9. The largest absolute Gasteiger partial charge is 0.296 e. The van der Waals surface area contributed by atoms with Crippen molar-refractivity contribution in [2.75, 3.05) is 0 Å². The van der Waals surface area contributed by atoms with E-state index in [0.717, 1.165) is 62.3 Å². The number of benzene rings is 3. The summed E-state index contributed by atoms with van der Waals surface area (Å²) in [6.07, 6.45) is 3.00. The molecule has 1 aromatic heterocycles. The van der Waals surface area contributed by atoms with Gasteiger partial charge in [0.1, 0.15) is 16.2 Å². The van der Waals surface area contributed by atoms with Gasteiger partial charge in [-0.1, -0.05) is 82.1 Å². The van der Waals surface area contributed by atoms with Crippen LogP contribution in [0.3, 0.4) is 0 Å². The van der Waals surface area contributed by atoms with Crippen LogP contribution in [0.1, 0.15) is 42.1 Å². The van der Waals surface area contributed by atoms with E-state index < -0.39 is 0 Å². The molecule has 0 radical (unpaired) electrons. The van der Waals surface area contributed by atoms with Gasteiger partial charge in [-0.15, -0.1) is 0 Å². The molecule has 2 heterocycles. The molecule has 2 aliphatic rings. The van der Waals surface area contributed by atoms with Gasteiger partial charge in [0.25, 0.3) is 0 Å². The van der Waals surface area contributed by atoms with Crippen molar-refractivity contribution in [2.24, 2.45) is 5.10 Å². The standard InChI is InChI=1S/C28H23BrCl2N4S/c1-2-23-24(26-33-34-27(36-26)28(15-16-28)17-7-11-19(30)12-8-17)32-25(21-5-3-4-6-22(21)31)35(23)20-13-9-18(29)10-14-20/h3-14,26,33H,2,15-16H2,1H3. The highest BCUT2D eigenvalue weighted by Gasteiger charge is 2.52. The predicted molar refractivity (Wildman–Crippen MR) is 154 cm³/mol. The molecule has 0 spiro atoms. The fourth-order valence-corrected chi connectivity index (χ4v) is 6.74. The predicted octanol–water partition coefficient (Wildman–Crippen LogP) is 8.55. The van der Waals surface area contributed by atoms with Gasteiger partial charge in [0, 0.05) is 31.9 Å². The Morgan fingerprint density at radius 1 is 1.03 bits per heavy atom. The molecular formula is C28H23BrCl2N4S. The van der Waals surface area contributed by atoms with Gasteiger partial charge < -0.3 is 0 Å². The summed E-state index contributed by atoms with van der Waals surface area (Å²) in [6, 6.07) is 24.4. The molecular weight excluding hydrogens is 575 g/mol. The van der Waals surface area contributed by atoms with Crippen molar-refractivity contribution in [1.82, 2.24) is 15.0 Å². The molecule has 1 saturated carbocycles. The van der Waals surface area contributed by atoms with Gasteiger partial charge in [-0.3, -0.25) is 9.99 Å². The number of rotatable bonds is 6. The maximum Gasteiger partial charge on any atom is 0.146 e. The average molecular weight is 598 g/mol. The quantitative estimate of drug-likeness (QED) is 0.242. The van der Waals surface area contributed by atoms with Crippen LogP contribution in [0, 0.1) is 0 Å². The summed E-state index contributed by atoms with van der Waals surface area (Å²) < 4.78 is 3.27. The molecule has 1 aliphatic heterocycles. The Bertz CT molecular complexity index is 1460. The van der Waals surface area contributed by atoms with Gasteiger partial charge >= 0.3 is 0 Å². The molecule has 1 unspecified atom stereocenters. The van der Waals surface area contributed by atoms with Crippen molar-refractivity contribution >= 4 is 55.9 Å². The molecule has 8 heteroatoms. The number of aromatic nitrogens is 2. The van der Waals surface area contributed by atoms with Crippen LogP contribution in [-0.4, -0.2) is 14.6 Å². The first-order chi connectivity index (χ1) is 17.5. The lowest BCUT2D eigenvalue weighted by molar-refractivity contribution is 0.713. The summed E-state index contributed by atoms with van der Waals surface area (Å²) in [4.78, 5) is 5.21. The van der Waals surface area contributed by atoms with Crippen LogP contribution in [0.2, 0.25) is 10.0 Å². The Morgan fingerprint density at radius 3 is 2.42 bits per heavy atom. The Balaban J connectivity index is 1.41. The van der Waals surface area contributed by atoms with E-state index in [1.165, 1.54) is 5.56 Å². The second kappa shape index (κ2) is 9.56. The molecule has 0 amide bonds. The van der Waals surface area contributed by atoms with Crippen molar-refractivity contribution in [1.29, 1.82) is 0 Å². The number of imidazole rings is 1. The molecule has 1 aliphatic carbocycles. The van der Waals surface area contributed by atoms with E-state index in [9.17, 15) is 0 Å². The average Bonchev–Trinajstić information content (AvgIpc) is 3.38. The van der Waals surface area contributed by atoms with Crippen LogP contribution in [0.4, 0.5) is 0 Å². The Kier molecular flexibility index (Phi) is 6.41. The van der Waals surface area contributed by atoms with E-state index >= 15 is 0 Å². The highest BCUT2D eigenvalue weighted by molar-refractivity contribution is 9.10. The van der Waals surface area contributed by atoms with Crippen LogP contribution in [0.5, 0.6) is 0 Å². The molecule has 1 fully saturated rings. The van der Waals surface area contributed by atoms with Crippen LogP contribution in [0.25, 0.3) is 17.1 Å². The first kappa shape index (κ1) is 24.1. The number of halogens is 3. The van der Waals surface area contributed by atoms with E-state index in [2.05, 4.69) is 69.2 Å². The van der Waals surface area contributed by atoms with Crippen LogP contribution in [0.15, 0.2) is 82.4 Å². The third kappa shape index (κ3) is 4.18. The minimum absolute atomic E-state index is 0.0246. The number of hydrazone groups is 1. The Hall–Kier alpha value is -2.25. The lowest BCUT2D eigenvalue weighted by atomic mass is 9.97. The van der Waals surface area contributed by atoms with E-state index in [4.69, 9.17) is 33.3 Å². The number of thioether (sulfide) groups is 1. The highest BCUT2D eigenvalue weighted by atomic mass is 79.9. The number of hydrogen-bond donors (Lipinski definition) is 1. The third-order valence-electron chi connectivity index (χ3n) is 6.86. The topological polar surface area (TPSA) is 42.2 Å². The van der Waals surface area contributed by atoms with E-state index in [1.54, 1.807) is 11.8 Å². The van der Waals surface area contributed by atoms with Crippen molar-refractivity contribution in [3.8, 4) is 17.1 Å². The van der Waals surface area contributed by atoms with Crippen LogP contribution in [-0.2, 0) is 11.8 Å². The van der Waals surface area contributed by atoms with Crippen molar-refractivity contribution < 1.29 is 0 Å². The highest BCUT2D eigenvalue weighted by Crippen LogP contribution is 2.55. The summed E-state index contributed by atoms with van der Waals surface area (Å²) in [5, 5.41) is 7.31. The zero-order valence-corrected chi connectivity index (χ0v) is 23.4. The minimum Gasteiger partial charge on any atom is -0.296 e. The number of nitrogens with one attached hydrogen (secondary N) is 1. The number of hydrogen-bond acceptors (Lipinski definition) is 4. The molecule has 1 atom stereocenters. The first-order valence-electron chi connectivity index (χ1n) is 11.9. The molecule has 4 aromatic rings. The molecule has 4 nitrogen and oxygen atoms in total. The second-order valence-corrected chi connectivity index (χ2v) is 11.9. The van der Waals surface area contributed by atoms with Gasteiger partial charge in [-0.05, 0) is 73.4 Å². The lowest BCUT2D eigenvalue weighted by Gasteiger charge is -2.16. The van der Waals surface area contributed by atoms with Gasteiger partial charge in [-0.2, -0.15) is 5.10 Å². The normalized spacial score (nSPS) is 18.1. The fraction of sp³-hybridized carbons (Fsp3) is 0.214. The van der Waals surface area contributed by atoms with Crippen LogP contribution >= 0.6 is 50.9 Å². The first-order valence-corrected chi connectivity index (χ1v) is 14.3. The smallest absolute Gasteiger partial charge is 0.146 e. The monoisotopic (exact) mass is 596 g/mol. The van der Waals surface area contributed by atoms with E-state index in [0.29, 0.717) is 5.02 Å². The molecule has 0 bridgehead atoms. The van der Waals surface area contributed by atoms with Gasteiger partial charge in [0.15, 0.2) is 0 Å². The molecule has 1 N–H and O–H groups in total. The zero-order valence-electron chi connectivity index (χ0n) is 19.5. The van der Waals surface area contributed by atoms with Crippen LogP contribution < -0.4 is 5.43 Å². The van der Waals surface area contributed by atoms with Crippen molar-refractivity contribution in [2.45, 2.75) is 37.0 Å².